The summed E-state index contributed by atoms with van der Waals surface area (Å²) in [6, 6.07) is 8.23. The van der Waals surface area contributed by atoms with E-state index in [4.69, 9.17) is 16.3 Å². The van der Waals surface area contributed by atoms with Gasteiger partial charge < -0.3 is 19.9 Å². The fourth-order valence-electron chi connectivity index (χ4n) is 3.67. The molecule has 4 rings (SSSR count). The lowest BCUT2D eigenvalue weighted by atomic mass is 10.2. The highest BCUT2D eigenvalue weighted by Gasteiger charge is 2.33. The molecule has 0 aliphatic carbocycles. The summed E-state index contributed by atoms with van der Waals surface area (Å²) >= 11 is 5.79. The summed E-state index contributed by atoms with van der Waals surface area (Å²) in [4.78, 5) is 28.6. The van der Waals surface area contributed by atoms with Gasteiger partial charge in [-0.15, -0.1) is 10.2 Å². The van der Waals surface area contributed by atoms with E-state index in [0.29, 0.717) is 42.7 Å². The van der Waals surface area contributed by atoms with Crippen LogP contribution < -0.4 is 20.0 Å². The van der Waals surface area contributed by atoms with Crippen molar-refractivity contribution in [3.63, 3.8) is 0 Å². The molecule has 31 heavy (non-hydrogen) atoms. The van der Waals surface area contributed by atoms with Crippen LogP contribution in [0.15, 0.2) is 30.3 Å². The molecule has 9 nitrogen and oxygen atoms in total. The fraction of sp³-hybridized carbons (Fsp3) is 0.400. The molecule has 3 heterocycles. The zero-order valence-corrected chi connectivity index (χ0v) is 17.7. The second-order valence-electron chi connectivity index (χ2n) is 7.38. The van der Waals surface area contributed by atoms with Crippen LogP contribution in [0, 0.1) is 5.82 Å². The van der Waals surface area contributed by atoms with Gasteiger partial charge in [0.2, 0.25) is 5.91 Å². The Hall–Kier alpha value is -3.14. The summed E-state index contributed by atoms with van der Waals surface area (Å²) in [6.45, 7) is 4.43. The van der Waals surface area contributed by atoms with Gasteiger partial charge >= 0.3 is 6.09 Å². The Kier molecular flexibility index (Phi) is 6.08. The number of ether oxygens (including phenoxy) is 1. The summed E-state index contributed by atoms with van der Waals surface area (Å²) < 4.78 is 20.1. The first kappa shape index (κ1) is 21.1. The molecular formula is C20H22ClFN6O3. The Bertz CT molecular complexity index is 968. The van der Waals surface area contributed by atoms with Crippen LogP contribution >= 0.6 is 11.6 Å². The third-order valence-corrected chi connectivity index (χ3v) is 5.46. The van der Waals surface area contributed by atoms with E-state index in [9.17, 15) is 14.0 Å². The standard InChI is InChI=1S/C20H22ClFN6O3/c1-13(29)23-11-15-12-28(20(30)31-15)14-2-3-17(16(22)10-14)26-6-8-27(9-7-26)19-5-4-18(21)24-25-19/h2-5,10,15H,6-9,11-12H2,1H3,(H,23,29). The van der Waals surface area contributed by atoms with Crippen LogP contribution in [0.5, 0.6) is 0 Å². The second-order valence-corrected chi connectivity index (χ2v) is 7.76. The number of cyclic esters (lactones) is 1. The van der Waals surface area contributed by atoms with Crippen molar-refractivity contribution in [2.24, 2.45) is 0 Å². The maximum Gasteiger partial charge on any atom is 0.414 e. The maximum atomic E-state index is 14.9. The molecule has 11 heteroatoms. The average molecular weight is 449 g/mol. The zero-order chi connectivity index (χ0) is 22.0. The molecule has 2 aliphatic rings. The van der Waals surface area contributed by atoms with Crippen LogP contribution in [-0.2, 0) is 9.53 Å². The number of carbonyl (C=O) groups is 2. The minimum absolute atomic E-state index is 0.201. The molecule has 1 N–H and O–H groups in total. The van der Waals surface area contributed by atoms with Gasteiger partial charge in [0, 0.05) is 33.1 Å². The molecule has 2 amide bonds. The Morgan fingerprint density at radius 2 is 1.94 bits per heavy atom. The van der Waals surface area contributed by atoms with Gasteiger partial charge in [0.25, 0.3) is 0 Å². The highest BCUT2D eigenvalue weighted by Crippen LogP contribution is 2.29. The van der Waals surface area contributed by atoms with E-state index in [2.05, 4.69) is 20.4 Å². The lowest BCUT2D eigenvalue weighted by molar-refractivity contribution is -0.119. The third-order valence-electron chi connectivity index (χ3n) is 5.26. The first-order valence-electron chi connectivity index (χ1n) is 9.92. The first-order valence-corrected chi connectivity index (χ1v) is 10.3. The minimum Gasteiger partial charge on any atom is -0.442 e. The van der Waals surface area contributed by atoms with Crippen LogP contribution in [0.3, 0.4) is 0 Å². The van der Waals surface area contributed by atoms with E-state index in [-0.39, 0.29) is 19.0 Å². The van der Waals surface area contributed by atoms with E-state index >= 15 is 0 Å². The molecule has 0 spiro atoms. The largest absolute Gasteiger partial charge is 0.442 e. The van der Waals surface area contributed by atoms with Crippen molar-refractivity contribution in [1.29, 1.82) is 0 Å². The number of nitrogens with one attached hydrogen (secondary N) is 1. The zero-order valence-electron chi connectivity index (χ0n) is 16.9. The lowest BCUT2D eigenvalue weighted by Crippen LogP contribution is -2.47. The molecule has 0 bridgehead atoms. The van der Waals surface area contributed by atoms with Crippen molar-refractivity contribution >= 4 is 40.8 Å². The van der Waals surface area contributed by atoms with Crippen molar-refractivity contribution in [3.8, 4) is 0 Å². The molecular weight excluding hydrogens is 427 g/mol. The number of amides is 2. The SMILES string of the molecule is CC(=O)NCC1CN(c2ccc(N3CCN(c4ccc(Cl)nn4)CC3)c(F)c2)C(=O)O1. The van der Waals surface area contributed by atoms with Crippen molar-refractivity contribution in [2.45, 2.75) is 13.0 Å². The summed E-state index contributed by atoms with van der Waals surface area (Å²) in [5.41, 5.74) is 0.902. The van der Waals surface area contributed by atoms with E-state index < -0.39 is 18.0 Å². The number of aromatic nitrogens is 2. The van der Waals surface area contributed by atoms with Gasteiger partial charge in [0.1, 0.15) is 11.9 Å². The number of benzene rings is 1. The Balaban J connectivity index is 1.38. The van der Waals surface area contributed by atoms with Crippen molar-refractivity contribution < 1.29 is 18.7 Å². The summed E-state index contributed by atoms with van der Waals surface area (Å²) in [5, 5.41) is 10.9. The number of nitrogens with zero attached hydrogens (tertiary/aromatic N) is 5. The van der Waals surface area contributed by atoms with E-state index in [1.54, 1.807) is 18.2 Å². The molecule has 2 saturated heterocycles. The normalized spacial score (nSPS) is 18.9. The van der Waals surface area contributed by atoms with Crippen LogP contribution in [0.1, 0.15) is 6.92 Å². The third kappa shape index (κ3) is 4.79. The van der Waals surface area contributed by atoms with Crippen LogP contribution in [0.2, 0.25) is 5.15 Å². The maximum absolute atomic E-state index is 14.9. The highest BCUT2D eigenvalue weighted by molar-refractivity contribution is 6.29. The molecule has 2 aromatic rings. The summed E-state index contributed by atoms with van der Waals surface area (Å²) in [5.74, 6) is 0.129. The first-order chi connectivity index (χ1) is 14.9. The molecule has 2 fully saturated rings. The Labute approximate surface area is 183 Å². The monoisotopic (exact) mass is 448 g/mol. The van der Waals surface area contributed by atoms with Crippen LogP contribution in [0.4, 0.5) is 26.4 Å². The molecule has 0 radical (unpaired) electrons. The molecule has 2 aliphatic heterocycles. The van der Waals surface area contributed by atoms with E-state index in [1.165, 1.54) is 17.9 Å². The van der Waals surface area contributed by atoms with Crippen molar-refractivity contribution in [2.75, 3.05) is 54.0 Å². The summed E-state index contributed by atoms with van der Waals surface area (Å²) in [6.07, 6.45) is -1.02. The van der Waals surface area contributed by atoms with Gasteiger partial charge in [-0.1, -0.05) is 11.6 Å². The molecule has 1 aromatic heterocycles. The molecule has 1 aromatic carbocycles. The number of halogens is 2. The fourth-order valence-corrected chi connectivity index (χ4v) is 3.77. The molecule has 1 unspecified atom stereocenters. The van der Waals surface area contributed by atoms with Gasteiger partial charge in [0.05, 0.1) is 24.5 Å². The topological polar surface area (TPSA) is 90.9 Å². The number of piperazine rings is 1. The van der Waals surface area contributed by atoms with Crippen molar-refractivity contribution in [3.05, 3.63) is 41.3 Å². The molecule has 1 atom stereocenters. The van der Waals surface area contributed by atoms with Gasteiger partial charge in [-0.05, 0) is 30.3 Å². The Morgan fingerprint density at radius 3 is 2.58 bits per heavy atom. The molecule has 164 valence electrons. The second kappa shape index (κ2) is 8.93. The predicted octanol–water partition coefficient (Wildman–Crippen LogP) is 2.06. The smallest absolute Gasteiger partial charge is 0.414 e. The lowest BCUT2D eigenvalue weighted by Gasteiger charge is -2.36. The van der Waals surface area contributed by atoms with E-state index in [0.717, 1.165) is 5.82 Å². The average Bonchev–Trinajstić information content (AvgIpc) is 3.13. The van der Waals surface area contributed by atoms with E-state index in [1.807, 2.05) is 11.0 Å². The van der Waals surface area contributed by atoms with Crippen LogP contribution in [-0.4, -0.2) is 67.6 Å². The summed E-state index contributed by atoms with van der Waals surface area (Å²) in [7, 11) is 0. The van der Waals surface area contributed by atoms with Gasteiger partial charge in [0.15, 0.2) is 11.0 Å². The van der Waals surface area contributed by atoms with Gasteiger partial charge in [-0.2, -0.15) is 0 Å². The number of rotatable bonds is 5. The highest BCUT2D eigenvalue weighted by atomic mass is 35.5. The minimum atomic E-state index is -0.555. The number of carbonyl (C=O) groups excluding carboxylic acids is 2. The molecule has 0 saturated carbocycles. The Morgan fingerprint density at radius 1 is 1.19 bits per heavy atom. The van der Waals surface area contributed by atoms with Crippen molar-refractivity contribution in [1.82, 2.24) is 15.5 Å². The number of anilines is 3. The van der Waals surface area contributed by atoms with Gasteiger partial charge in [-0.3, -0.25) is 9.69 Å². The van der Waals surface area contributed by atoms with Gasteiger partial charge in [-0.25, -0.2) is 9.18 Å². The predicted molar refractivity (Wildman–Crippen MR) is 114 cm³/mol. The van der Waals surface area contributed by atoms with Crippen LogP contribution in [0.25, 0.3) is 0 Å². The number of hydrogen-bond donors (Lipinski definition) is 1. The number of hydrogen-bond acceptors (Lipinski definition) is 7. The quantitative estimate of drug-likeness (QED) is 0.748.